The molecule has 0 bridgehead atoms. The number of rotatable bonds is 5. The van der Waals surface area contributed by atoms with Crippen LogP contribution in [0.15, 0.2) is 0 Å². The van der Waals surface area contributed by atoms with Crippen LogP contribution in [0.5, 0.6) is 0 Å². The number of thioether (sulfide) groups is 2. The van der Waals surface area contributed by atoms with Gasteiger partial charge in [-0.1, -0.05) is 0 Å². The van der Waals surface area contributed by atoms with Gasteiger partial charge in [-0.25, -0.2) is 0 Å². The van der Waals surface area contributed by atoms with Gasteiger partial charge in [0.15, 0.2) is 0 Å². The van der Waals surface area contributed by atoms with Crippen LogP contribution in [0.25, 0.3) is 0 Å². The van der Waals surface area contributed by atoms with Gasteiger partial charge in [-0.15, -0.1) is 0 Å². The molecule has 0 spiro atoms. The number of carbonyl (C=O) groups is 1. The van der Waals surface area contributed by atoms with E-state index < -0.39 is 11.9 Å². The van der Waals surface area contributed by atoms with Crippen molar-refractivity contribution in [3.8, 4) is 0 Å². The Hall–Kier alpha value is 0.0900. The first kappa shape index (κ1) is 12.2. The van der Waals surface area contributed by atoms with Crippen molar-refractivity contribution in [2.75, 3.05) is 30.3 Å². The highest BCUT2D eigenvalue weighted by Gasteiger charge is 2.15. The van der Waals surface area contributed by atoms with Crippen LogP contribution in [0.2, 0.25) is 0 Å². The predicted octanol–water partition coefficient (Wildman–Crippen LogP) is -0.763. The van der Waals surface area contributed by atoms with Crippen LogP contribution in [0.4, 0.5) is 0 Å². The fraction of sp³-hybridized carbons (Fsp3) is 0.875. The number of amides is 1. The van der Waals surface area contributed by atoms with Crippen LogP contribution < -0.4 is 16.8 Å². The summed E-state index contributed by atoms with van der Waals surface area (Å²) in [6.07, 6.45) is 0. The van der Waals surface area contributed by atoms with Gasteiger partial charge in [0, 0.05) is 35.6 Å². The Kier molecular flexibility index (Phi) is 5.69. The van der Waals surface area contributed by atoms with E-state index in [1.165, 1.54) is 17.3 Å². The van der Waals surface area contributed by atoms with E-state index >= 15 is 0 Å². The quantitative estimate of drug-likeness (QED) is 0.583. The number of carbonyl (C=O) groups excluding carboxylic acids is 1. The fourth-order valence-electron chi connectivity index (χ4n) is 1.15. The molecular weight excluding hydrogens is 218 g/mol. The molecule has 0 radical (unpaired) electrons. The van der Waals surface area contributed by atoms with Gasteiger partial charge >= 0.3 is 0 Å². The molecule has 1 heterocycles. The Labute approximate surface area is 92.9 Å². The first-order valence-corrected chi connectivity index (χ1v) is 6.85. The van der Waals surface area contributed by atoms with Crippen molar-refractivity contribution in [2.24, 2.45) is 11.5 Å². The lowest BCUT2D eigenvalue weighted by molar-refractivity contribution is -0.119. The summed E-state index contributed by atoms with van der Waals surface area (Å²) in [5.74, 6) is 3.22. The number of primary amides is 1. The SMILES string of the molecule is NC(=O)C(N)CNCC1CSCCS1. The Bertz CT molecular complexity index is 185. The molecule has 4 nitrogen and oxygen atoms in total. The van der Waals surface area contributed by atoms with Gasteiger partial charge in [0.05, 0.1) is 6.04 Å². The molecule has 14 heavy (non-hydrogen) atoms. The normalized spacial score (nSPS) is 24.5. The molecule has 1 aliphatic rings. The lowest BCUT2D eigenvalue weighted by atomic mass is 10.3. The van der Waals surface area contributed by atoms with E-state index in [2.05, 4.69) is 5.32 Å². The lowest BCUT2D eigenvalue weighted by Crippen LogP contribution is -2.45. The molecule has 82 valence electrons. The van der Waals surface area contributed by atoms with E-state index in [1.54, 1.807) is 0 Å². The Balaban J connectivity index is 2.05. The highest BCUT2D eigenvalue weighted by Crippen LogP contribution is 2.23. The van der Waals surface area contributed by atoms with E-state index in [1.807, 2.05) is 23.5 Å². The molecule has 1 rings (SSSR count). The van der Waals surface area contributed by atoms with Crippen molar-refractivity contribution in [1.29, 1.82) is 0 Å². The molecule has 0 saturated carbocycles. The summed E-state index contributed by atoms with van der Waals surface area (Å²) in [6.45, 7) is 1.40. The van der Waals surface area contributed by atoms with Crippen LogP contribution in [0.1, 0.15) is 0 Å². The molecule has 1 aliphatic heterocycles. The molecule has 2 atom stereocenters. The summed E-state index contributed by atoms with van der Waals surface area (Å²) in [7, 11) is 0. The molecule has 1 saturated heterocycles. The van der Waals surface area contributed by atoms with Crippen LogP contribution in [0, 0.1) is 0 Å². The summed E-state index contributed by atoms with van der Waals surface area (Å²) in [6, 6.07) is -0.559. The second kappa shape index (κ2) is 6.55. The van der Waals surface area contributed by atoms with E-state index in [4.69, 9.17) is 11.5 Å². The second-order valence-corrected chi connectivity index (χ2v) is 5.79. The minimum absolute atomic E-state index is 0.442. The average molecular weight is 235 g/mol. The van der Waals surface area contributed by atoms with Crippen molar-refractivity contribution >= 4 is 29.4 Å². The topological polar surface area (TPSA) is 81.1 Å². The van der Waals surface area contributed by atoms with Crippen molar-refractivity contribution in [2.45, 2.75) is 11.3 Å². The third-order valence-corrected chi connectivity index (χ3v) is 4.83. The Morgan fingerprint density at radius 1 is 1.57 bits per heavy atom. The standard InChI is InChI=1S/C8H17N3OS2/c9-7(8(10)12)4-11-3-6-5-13-1-2-14-6/h6-7,11H,1-5,9H2,(H2,10,12). The molecule has 1 fully saturated rings. The van der Waals surface area contributed by atoms with Crippen LogP contribution in [-0.4, -0.2) is 47.5 Å². The zero-order valence-corrected chi connectivity index (χ0v) is 9.70. The van der Waals surface area contributed by atoms with Crippen molar-refractivity contribution in [3.63, 3.8) is 0 Å². The predicted molar refractivity (Wildman–Crippen MR) is 63.6 cm³/mol. The van der Waals surface area contributed by atoms with E-state index in [9.17, 15) is 4.79 Å². The molecule has 6 heteroatoms. The first-order valence-electron chi connectivity index (χ1n) is 4.65. The van der Waals surface area contributed by atoms with Gasteiger partial charge in [-0.2, -0.15) is 23.5 Å². The number of nitrogens with two attached hydrogens (primary N) is 2. The van der Waals surface area contributed by atoms with Gasteiger partial charge in [0.25, 0.3) is 0 Å². The summed E-state index contributed by atoms with van der Waals surface area (Å²) in [4.78, 5) is 10.6. The van der Waals surface area contributed by atoms with Gasteiger partial charge in [0.1, 0.15) is 0 Å². The zero-order chi connectivity index (χ0) is 10.4. The number of nitrogens with one attached hydrogen (secondary N) is 1. The highest BCUT2D eigenvalue weighted by molar-refractivity contribution is 8.06. The van der Waals surface area contributed by atoms with Crippen LogP contribution in [0.3, 0.4) is 0 Å². The molecule has 0 aromatic carbocycles. The first-order chi connectivity index (χ1) is 6.70. The molecule has 2 unspecified atom stereocenters. The van der Waals surface area contributed by atoms with Crippen molar-refractivity contribution in [1.82, 2.24) is 5.32 Å². The monoisotopic (exact) mass is 235 g/mol. The van der Waals surface area contributed by atoms with E-state index in [-0.39, 0.29) is 0 Å². The Morgan fingerprint density at radius 2 is 2.36 bits per heavy atom. The maximum absolute atomic E-state index is 10.6. The minimum Gasteiger partial charge on any atom is -0.368 e. The lowest BCUT2D eigenvalue weighted by Gasteiger charge is -2.21. The number of hydrogen-bond acceptors (Lipinski definition) is 5. The molecule has 0 aromatic heterocycles. The van der Waals surface area contributed by atoms with Crippen molar-refractivity contribution < 1.29 is 4.79 Å². The smallest absolute Gasteiger partial charge is 0.235 e. The summed E-state index contributed by atoms with van der Waals surface area (Å²) in [5.41, 5.74) is 10.5. The van der Waals surface area contributed by atoms with E-state index in [0.717, 1.165) is 6.54 Å². The largest absolute Gasteiger partial charge is 0.368 e. The average Bonchev–Trinajstić information content (AvgIpc) is 2.19. The third-order valence-electron chi connectivity index (χ3n) is 1.99. The third kappa shape index (κ3) is 4.54. The summed E-state index contributed by atoms with van der Waals surface area (Å²) >= 11 is 3.97. The van der Waals surface area contributed by atoms with Gasteiger partial charge in [-0.05, 0) is 0 Å². The second-order valence-electron chi connectivity index (χ2n) is 3.23. The van der Waals surface area contributed by atoms with E-state index in [0.29, 0.717) is 11.8 Å². The summed E-state index contributed by atoms with van der Waals surface area (Å²) < 4.78 is 0. The van der Waals surface area contributed by atoms with Gasteiger partial charge in [0.2, 0.25) is 5.91 Å². The highest BCUT2D eigenvalue weighted by atomic mass is 32.2. The summed E-state index contributed by atoms with van der Waals surface area (Å²) in [5, 5.41) is 3.82. The molecule has 5 N–H and O–H groups in total. The zero-order valence-electron chi connectivity index (χ0n) is 8.07. The van der Waals surface area contributed by atoms with Gasteiger partial charge in [-0.3, -0.25) is 4.79 Å². The number of hydrogen-bond donors (Lipinski definition) is 3. The maximum atomic E-state index is 10.6. The minimum atomic E-state index is -0.559. The Morgan fingerprint density at radius 3 is 2.93 bits per heavy atom. The molecule has 0 aromatic rings. The molecular formula is C8H17N3OS2. The fourth-order valence-corrected chi connectivity index (χ4v) is 3.80. The van der Waals surface area contributed by atoms with Gasteiger partial charge < -0.3 is 16.8 Å². The maximum Gasteiger partial charge on any atom is 0.235 e. The molecule has 1 amide bonds. The molecule has 0 aliphatic carbocycles. The van der Waals surface area contributed by atoms with Crippen molar-refractivity contribution in [3.05, 3.63) is 0 Å². The van der Waals surface area contributed by atoms with Crippen LogP contribution >= 0.6 is 23.5 Å². The van der Waals surface area contributed by atoms with Crippen LogP contribution in [-0.2, 0) is 4.79 Å².